The molecule has 2 heterocycles. The number of nitrogens with zero attached hydrogens (tertiary/aromatic N) is 1. The molecule has 1 aromatic heterocycles. The van der Waals surface area contributed by atoms with Gasteiger partial charge in [0.2, 0.25) is 0 Å². The van der Waals surface area contributed by atoms with Gasteiger partial charge in [-0.3, -0.25) is 4.90 Å². The average Bonchev–Trinajstić information content (AvgIpc) is 3.02. The Bertz CT molecular complexity index is 340. The molecule has 3 atom stereocenters. The SMILES string of the molecule is CCC(N)C(c1ccco1)N1CCC(CCO)C1. The lowest BCUT2D eigenvalue weighted by Crippen LogP contribution is -2.39. The molecule has 102 valence electrons. The van der Waals surface area contributed by atoms with Crippen molar-refractivity contribution in [1.29, 1.82) is 0 Å². The topological polar surface area (TPSA) is 62.6 Å². The van der Waals surface area contributed by atoms with Gasteiger partial charge in [0, 0.05) is 19.2 Å². The molecule has 0 amide bonds. The van der Waals surface area contributed by atoms with Gasteiger partial charge in [-0.1, -0.05) is 6.92 Å². The highest BCUT2D eigenvalue weighted by molar-refractivity contribution is 5.08. The summed E-state index contributed by atoms with van der Waals surface area (Å²) in [5.74, 6) is 1.56. The summed E-state index contributed by atoms with van der Waals surface area (Å²) in [7, 11) is 0. The zero-order valence-corrected chi connectivity index (χ0v) is 11.1. The minimum Gasteiger partial charge on any atom is -0.468 e. The monoisotopic (exact) mass is 252 g/mol. The zero-order valence-electron chi connectivity index (χ0n) is 11.1. The Labute approximate surface area is 109 Å². The van der Waals surface area contributed by atoms with E-state index in [0.29, 0.717) is 5.92 Å². The normalized spacial score (nSPS) is 24.3. The first-order chi connectivity index (χ1) is 8.76. The molecule has 0 aliphatic carbocycles. The van der Waals surface area contributed by atoms with E-state index in [-0.39, 0.29) is 18.7 Å². The van der Waals surface area contributed by atoms with Crippen LogP contribution in [0.2, 0.25) is 0 Å². The molecule has 1 aliphatic rings. The number of hydrogen-bond donors (Lipinski definition) is 2. The number of nitrogens with two attached hydrogens (primary N) is 1. The van der Waals surface area contributed by atoms with E-state index in [4.69, 9.17) is 15.3 Å². The molecule has 1 fully saturated rings. The van der Waals surface area contributed by atoms with E-state index in [2.05, 4.69) is 11.8 Å². The van der Waals surface area contributed by atoms with E-state index >= 15 is 0 Å². The third kappa shape index (κ3) is 2.94. The molecule has 2 rings (SSSR count). The first-order valence-corrected chi connectivity index (χ1v) is 6.90. The van der Waals surface area contributed by atoms with Crippen molar-refractivity contribution in [2.45, 2.75) is 38.3 Å². The maximum atomic E-state index is 9.03. The predicted octanol–water partition coefficient (Wildman–Crippen LogP) is 1.76. The van der Waals surface area contributed by atoms with Crippen LogP contribution >= 0.6 is 0 Å². The van der Waals surface area contributed by atoms with Crippen molar-refractivity contribution in [3.63, 3.8) is 0 Å². The van der Waals surface area contributed by atoms with Crippen molar-refractivity contribution in [3.05, 3.63) is 24.2 Å². The van der Waals surface area contributed by atoms with Gasteiger partial charge in [-0.25, -0.2) is 0 Å². The molecular weight excluding hydrogens is 228 g/mol. The lowest BCUT2D eigenvalue weighted by molar-refractivity contribution is 0.171. The van der Waals surface area contributed by atoms with Crippen molar-refractivity contribution < 1.29 is 9.52 Å². The van der Waals surface area contributed by atoms with E-state index in [1.54, 1.807) is 6.26 Å². The molecular formula is C14H24N2O2. The summed E-state index contributed by atoms with van der Waals surface area (Å²) in [4.78, 5) is 2.41. The summed E-state index contributed by atoms with van der Waals surface area (Å²) in [5.41, 5.74) is 6.26. The van der Waals surface area contributed by atoms with E-state index in [1.807, 2.05) is 12.1 Å². The highest BCUT2D eigenvalue weighted by Gasteiger charge is 2.33. The van der Waals surface area contributed by atoms with E-state index in [0.717, 1.165) is 38.1 Å². The first kappa shape index (κ1) is 13.6. The van der Waals surface area contributed by atoms with Gasteiger partial charge in [0.15, 0.2) is 0 Å². The molecule has 0 spiro atoms. The fourth-order valence-corrected chi connectivity index (χ4v) is 2.88. The van der Waals surface area contributed by atoms with Gasteiger partial charge >= 0.3 is 0 Å². The predicted molar refractivity (Wildman–Crippen MR) is 71.1 cm³/mol. The third-order valence-corrected chi connectivity index (χ3v) is 3.96. The Morgan fingerprint density at radius 2 is 2.44 bits per heavy atom. The van der Waals surface area contributed by atoms with Crippen molar-refractivity contribution in [2.24, 2.45) is 11.7 Å². The van der Waals surface area contributed by atoms with Gasteiger partial charge in [-0.15, -0.1) is 0 Å². The molecule has 1 aromatic rings. The van der Waals surface area contributed by atoms with Crippen LogP contribution in [-0.4, -0.2) is 35.7 Å². The minimum atomic E-state index is 0.101. The highest BCUT2D eigenvalue weighted by atomic mass is 16.3. The van der Waals surface area contributed by atoms with Gasteiger partial charge in [-0.2, -0.15) is 0 Å². The number of furan rings is 1. The largest absolute Gasteiger partial charge is 0.468 e. The number of hydrogen-bond acceptors (Lipinski definition) is 4. The fourth-order valence-electron chi connectivity index (χ4n) is 2.88. The Balaban J connectivity index is 2.06. The van der Waals surface area contributed by atoms with Crippen LogP contribution in [0.15, 0.2) is 22.8 Å². The Kier molecular flexibility index (Phi) is 4.80. The highest BCUT2D eigenvalue weighted by Crippen LogP contribution is 2.31. The maximum absolute atomic E-state index is 9.03. The molecule has 18 heavy (non-hydrogen) atoms. The standard InChI is InChI=1S/C14H24N2O2/c1-2-12(15)14(13-4-3-9-18-13)16-7-5-11(10-16)6-8-17/h3-4,9,11-12,14,17H,2,5-8,10,15H2,1H3. The van der Waals surface area contributed by atoms with E-state index < -0.39 is 0 Å². The van der Waals surface area contributed by atoms with Crippen LogP contribution in [-0.2, 0) is 0 Å². The van der Waals surface area contributed by atoms with Crippen LogP contribution < -0.4 is 5.73 Å². The van der Waals surface area contributed by atoms with Gasteiger partial charge in [0.05, 0.1) is 12.3 Å². The fraction of sp³-hybridized carbons (Fsp3) is 0.714. The lowest BCUT2D eigenvalue weighted by Gasteiger charge is -2.30. The summed E-state index contributed by atoms with van der Waals surface area (Å²) >= 11 is 0. The third-order valence-electron chi connectivity index (χ3n) is 3.96. The van der Waals surface area contributed by atoms with Crippen molar-refractivity contribution >= 4 is 0 Å². The van der Waals surface area contributed by atoms with Crippen LogP contribution in [0.1, 0.15) is 38.0 Å². The number of aliphatic hydroxyl groups excluding tert-OH is 1. The Morgan fingerprint density at radius 3 is 3.06 bits per heavy atom. The minimum absolute atomic E-state index is 0.101. The van der Waals surface area contributed by atoms with Gasteiger partial charge in [0.25, 0.3) is 0 Å². The second kappa shape index (κ2) is 6.36. The molecule has 1 aliphatic heterocycles. The number of likely N-dealkylation sites (tertiary alicyclic amines) is 1. The number of aliphatic hydroxyl groups is 1. The summed E-state index contributed by atoms with van der Waals surface area (Å²) in [6.07, 6.45) is 4.69. The molecule has 0 radical (unpaired) electrons. The quantitative estimate of drug-likeness (QED) is 0.810. The summed E-state index contributed by atoms with van der Waals surface area (Å²) in [6, 6.07) is 4.21. The summed E-state index contributed by atoms with van der Waals surface area (Å²) < 4.78 is 5.56. The summed E-state index contributed by atoms with van der Waals surface area (Å²) in [6.45, 7) is 4.45. The molecule has 0 bridgehead atoms. The van der Waals surface area contributed by atoms with Crippen LogP contribution in [0, 0.1) is 5.92 Å². The molecule has 3 N–H and O–H groups in total. The van der Waals surface area contributed by atoms with Gasteiger partial charge < -0.3 is 15.3 Å². The zero-order chi connectivity index (χ0) is 13.0. The molecule has 1 saturated heterocycles. The average molecular weight is 252 g/mol. The Morgan fingerprint density at radius 1 is 1.61 bits per heavy atom. The van der Waals surface area contributed by atoms with Crippen molar-refractivity contribution in [3.8, 4) is 0 Å². The van der Waals surface area contributed by atoms with Crippen LogP contribution in [0.4, 0.5) is 0 Å². The first-order valence-electron chi connectivity index (χ1n) is 6.90. The molecule has 4 nitrogen and oxygen atoms in total. The van der Waals surface area contributed by atoms with Gasteiger partial charge in [0.1, 0.15) is 5.76 Å². The summed E-state index contributed by atoms with van der Waals surface area (Å²) in [5, 5.41) is 9.03. The molecule has 0 saturated carbocycles. The Hall–Kier alpha value is -0.840. The smallest absolute Gasteiger partial charge is 0.122 e. The van der Waals surface area contributed by atoms with E-state index in [9.17, 15) is 0 Å². The van der Waals surface area contributed by atoms with Crippen LogP contribution in [0.5, 0.6) is 0 Å². The second-order valence-corrected chi connectivity index (χ2v) is 5.19. The lowest BCUT2D eigenvalue weighted by atomic mass is 10.0. The van der Waals surface area contributed by atoms with Gasteiger partial charge in [-0.05, 0) is 43.9 Å². The van der Waals surface area contributed by atoms with Crippen molar-refractivity contribution in [1.82, 2.24) is 4.90 Å². The second-order valence-electron chi connectivity index (χ2n) is 5.19. The molecule has 3 unspecified atom stereocenters. The van der Waals surface area contributed by atoms with E-state index in [1.165, 1.54) is 0 Å². The van der Waals surface area contributed by atoms with Crippen LogP contribution in [0.3, 0.4) is 0 Å². The molecule has 0 aromatic carbocycles. The van der Waals surface area contributed by atoms with Crippen molar-refractivity contribution in [2.75, 3.05) is 19.7 Å². The number of rotatable bonds is 6. The maximum Gasteiger partial charge on any atom is 0.122 e. The van der Waals surface area contributed by atoms with Crippen LogP contribution in [0.25, 0.3) is 0 Å². The molecule has 4 heteroatoms.